The Balaban J connectivity index is 2.02. The summed E-state index contributed by atoms with van der Waals surface area (Å²) in [6.07, 6.45) is 5.37. The van der Waals surface area contributed by atoms with E-state index in [-0.39, 0.29) is 22.6 Å². The number of methoxy groups -OCH3 is 1. The van der Waals surface area contributed by atoms with Crippen molar-refractivity contribution in [2.24, 2.45) is 0 Å². The van der Waals surface area contributed by atoms with Gasteiger partial charge in [0.15, 0.2) is 17.2 Å². The van der Waals surface area contributed by atoms with Crippen LogP contribution in [0.2, 0.25) is 0 Å². The van der Waals surface area contributed by atoms with Crippen molar-refractivity contribution in [3.05, 3.63) is 33.6 Å². The highest BCUT2D eigenvalue weighted by molar-refractivity contribution is 9.10. The third-order valence-corrected chi connectivity index (χ3v) is 7.40. The zero-order valence-corrected chi connectivity index (χ0v) is 19.8. The van der Waals surface area contributed by atoms with Gasteiger partial charge in [-0.25, -0.2) is 9.59 Å². The number of thiophene rings is 1. The summed E-state index contributed by atoms with van der Waals surface area (Å²) in [7, 11) is 1.26. The first-order chi connectivity index (χ1) is 14.8. The number of rotatable bonds is 7. The molecule has 3 rings (SSSR count). The highest BCUT2D eigenvalue weighted by Crippen LogP contribution is 2.46. The smallest absolute Gasteiger partial charge is 0.351 e. The third-order valence-electron chi connectivity index (χ3n) is 5.19. The molecular formula is C22H24BrNO6S. The van der Waals surface area contributed by atoms with Crippen molar-refractivity contribution in [2.45, 2.75) is 45.1 Å². The van der Waals surface area contributed by atoms with Crippen LogP contribution in [0.3, 0.4) is 0 Å². The minimum atomic E-state index is -1.15. The molecule has 0 spiro atoms. The average molecular weight is 510 g/mol. The van der Waals surface area contributed by atoms with Gasteiger partial charge in [0.25, 0.3) is 0 Å². The number of carbonyl (C=O) groups excluding carboxylic acids is 2. The molecule has 0 saturated heterocycles. The summed E-state index contributed by atoms with van der Waals surface area (Å²) in [6, 6.07) is 7.74. The maximum atomic E-state index is 12.5. The molecule has 1 fully saturated rings. The van der Waals surface area contributed by atoms with Crippen LogP contribution in [0.15, 0.2) is 28.7 Å². The number of carbonyl (C=O) groups is 3. The van der Waals surface area contributed by atoms with Gasteiger partial charge in [0.05, 0.1) is 16.5 Å². The Morgan fingerprint density at radius 3 is 2.55 bits per heavy atom. The van der Waals surface area contributed by atoms with Gasteiger partial charge >= 0.3 is 11.9 Å². The molecule has 1 aromatic heterocycles. The standard InChI is InChI=1S/C22H24BrNO6S/c1-13(25)24(15-8-4-3-5-9-15)16-10-6-7-14(11-16)20-18(23)19(30-12-17(26)27)21(31-20)22(28)29-2/h6-7,10-11,15H,3-5,8-9,12H2,1-2H3,(H,26,27). The number of anilines is 1. The number of halogens is 1. The Kier molecular flexibility index (Phi) is 7.72. The SMILES string of the molecule is COC(=O)c1sc(-c2cccc(N(C(C)=O)C3CCCCC3)c2)c(Br)c1OCC(=O)O. The van der Waals surface area contributed by atoms with Gasteiger partial charge in [0.2, 0.25) is 5.91 Å². The molecule has 0 unspecified atom stereocenters. The van der Waals surface area contributed by atoms with Gasteiger partial charge in [0, 0.05) is 18.7 Å². The Morgan fingerprint density at radius 1 is 1.23 bits per heavy atom. The lowest BCUT2D eigenvalue weighted by molar-refractivity contribution is -0.139. The normalized spacial score (nSPS) is 14.2. The van der Waals surface area contributed by atoms with E-state index in [0.29, 0.717) is 9.35 Å². The number of ether oxygens (including phenoxy) is 2. The molecule has 2 aromatic rings. The molecule has 0 aliphatic heterocycles. The maximum absolute atomic E-state index is 12.5. The van der Waals surface area contributed by atoms with Crippen LogP contribution in [-0.4, -0.2) is 42.7 Å². The second kappa shape index (κ2) is 10.3. The molecule has 1 N–H and O–H groups in total. The van der Waals surface area contributed by atoms with E-state index in [0.717, 1.165) is 48.3 Å². The lowest BCUT2D eigenvalue weighted by atomic mass is 9.93. The first kappa shape index (κ1) is 23.3. The first-order valence-corrected chi connectivity index (χ1v) is 11.6. The van der Waals surface area contributed by atoms with Crippen molar-refractivity contribution in [1.29, 1.82) is 0 Å². The fraction of sp³-hybridized carbons (Fsp3) is 0.409. The second-order valence-corrected chi connectivity index (χ2v) is 9.12. The lowest BCUT2D eigenvalue weighted by Crippen LogP contribution is -2.40. The zero-order chi connectivity index (χ0) is 22.5. The summed E-state index contributed by atoms with van der Waals surface area (Å²) in [5.41, 5.74) is 1.58. The van der Waals surface area contributed by atoms with E-state index < -0.39 is 18.5 Å². The number of carboxylic acid groups (broad SMARTS) is 1. The lowest BCUT2D eigenvalue weighted by Gasteiger charge is -2.34. The van der Waals surface area contributed by atoms with Crippen LogP contribution in [0.25, 0.3) is 10.4 Å². The van der Waals surface area contributed by atoms with Crippen molar-refractivity contribution in [3.8, 4) is 16.2 Å². The van der Waals surface area contributed by atoms with E-state index in [1.54, 1.807) is 6.92 Å². The summed E-state index contributed by atoms with van der Waals surface area (Å²) < 4.78 is 10.7. The van der Waals surface area contributed by atoms with Gasteiger partial charge in [-0.3, -0.25) is 4.79 Å². The van der Waals surface area contributed by atoms with Gasteiger partial charge in [0.1, 0.15) is 0 Å². The highest BCUT2D eigenvalue weighted by atomic mass is 79.9. The van der Waals surface area contributed by atoms with Crippen LogP contribution in [0, 0.1) is 0 Å². The van der Waals surface area contributed by atoms with Gasteiger partial charge in [-0.2, -0.15) is 0 Å². The molecule has 0 bridgehead atoms. The van der Waals surface area contributed by atoms with Crippen LogP contribution in [0.5, 0.6) is 5.75 Å². The first-order valence-electron chi connectivity index (χ1n) is 9.99. The molecule has 1 aliphatic carbocycles. The molecule has 1 aliphatic rings. The highest BCUT2D eigenvalue weighted by Gasteiger charge is 2.27. The van der Waals surface area contributed by atoms with E-state index in [4.69, 9.17) is 14.6 Å². The fourth-order valence-corrected chi connectivity index (χ4v) is 5.82. The Labute approximate surface area is 193 Å². The van der Waals surface area contributed by atoms with E-state index in [1.165, 1.54) is 13.5 Å². The van der Waals surface area contributed by atoms with Crippen molar-refractivity contribution >= 4 is 50.8 Å². The zero-order valence-electron chi connectivity index (χ0n) is 17.4. The van der Waals surface area contributed by atoms with Crippen LogP contribution in [0.4, 0.5) is 5.69 Å². The number of benzene rings is 1. The van der Waals surface area contributed by atoms with Crippen molar-refractivity contribution in [2.75, 3.05) is 18.6 Å². The number of aliphatic carboxylic acids is 1. The van der Waals surface area contributed by atoms with Crippen molar-refractivity contribution in [3.63, 3.8) is 0 Å². The number of hydrogen-bond acceptors (Lipinski definition) is 6. The molecular weight excluding hydrogens is 486 g/mol. The van der Waals surface area contributed by atoms with E-state index in [2.05, 4.69) is 15.9 Å². The molecule has 166 valence electrons. The van der Waals surface area contributed by atoms with Crippen LogP contribution in [-0.2, 0) is 14.3 Å². The molecule has 1 amide bonds. The largest absolute Gasteiger partial charge is 0.479 e. The minimum Gasteiger partial charge on any atom is -0.479 e. The molecule has 7 nitrogen and oxygen atoms in total. The van der Waals surface area contributed by atoms with Gasteiger partial charge in [-0.1, -0.05) is 31.4 Å². The van der Waals surface area contributed by atoms with E-state index in [1.807, 2.05) is 29.2 Å². The summed E-state index contributed by atoms with van der Waals surface area (Å²) in [5, 5.41) is 8.96. The van der Waals surface area contributed by atoms with Crippen molar-refractivity contribution in [1.82, 2.24) is 0 Å². The summed E-state index contributed by atoms with van der Waals surface area (Å²) >= 11 is 4.60. The summed E-state index contributed by atoms with van der Waals surface area (Å²) in [4.78, 5) is 38.4. The Hall–Kier alpha value is -2.39. The predicted molar refractivity (Wildman–Crippen MR) is 122 cm³/mol. The molecule has 1 saturated carbocycles. The summed E-state index contributed by atoms with van der Waals surface area (Å²) in [6.45, 7) is 0.994. The number of hydrogen-bond donors (Lipinski definition) is 1. The maximum Gasteiger partial charge on any atom is 0.351 e. The quantitative estimate of drug-likeness (QED) is 0.521. The molecule has 1 aromatic carbocycles. The van der Waals surface area contributed by atoms with Gasteiger partial charge in [-0.05, 0) is 46.5 Å². The molecule has 31 heavy (non-hydrogen) atoms. The molecule has 0 atom stereocenters. The predicted octanol–water partition coefficient (Wildman–Crippen LogP) is 5.11. The van der Waals surface area contributed by atoms with E-state index in [9.17, 15) is 14.4 Å². The van der Waals surface area contributed by atoms with E-state index >= 15 is 0 Å². The summed E-state index contributed by atoms with van der Waals surface area (Å²) in [5.74, 6) is -1.63. The Morgan fingerprint density at radius 2 is 1.94 bits per heavy atom. The monoisotopic (exact) mass is 509 g/mol. The molecule has 1 heterocycles. The third kappa shape index (κ3) is 5.27. The van der Waals surface area contributed by atoms with Gasteiger partial charge in [-0.15, -0.1) is 11.3 Å². The second-order valence-electron chi connectivity index (χ2n) is 7.31. The number of nitrogens with zero attached hydrogens (tertiary/aromatic N) is 1. The number of amides is 1. The Bertz CT molecular complexity index is 982. The average Bonchev–Trinajstić information content (AvgIpc) is 3.08. The minimum absolute atomic E-state index is 0.00461. The van der Waals surface area contributed by atoms with Crippen LogP contribution >= 0.6 is 27.3 Å². The number of esters is 1. The van der Waals surface area contributed by atoms with Crippen molar-refractivity contribution < 1.29 is 29.0 Å². The fourth-order valence-electron chi connectivity index (χ4n) is 3.86. The molecule has 9 heteroatoms. The van der Waals surface area contributed by atoms with Crippen LogP contribution in [0.1, 0.15) is 48.7 Å². The van der Waals surface area contributed by atoms with Crippen LogP contribution < -0.4 is 9.64 Å². The topological polar surface area (TPSA) is 93.1 Å². The van der Waals surface area contributed by atoms with Gasteiger partial charge < -0.3 is 19.5 Å². The molecule has 0 radical (unpaired) electrons. The number of carboxylic acids is 1.